The van der Waals surface area contributed by atoms with Gasteiger partial charge in [0.05, 0.1) is 11.3 Å². The first-order chi connectivity index (χ1) is 13.0. The number of nitrogens with zero attached hydrogens (tertiary/aromatic N) is 2. The van der Waals surface area contributed by atoms with E-state index < -0.39 is 11.6 Å². The summed E-state index contributed by atoms with van der Waals surface area (Å²) in [7, 11) is 0. The van der Waals surface area contributed by atoms with Crippen LogP contribution >= 0.6 is 0 Å². The number of hydrogen-bond acceptors (Lipinski definition) is 6. The molecule has 1 aliphatic carbocycles. The smallest absolute Gasteiger partial charge is 0.164 e. The Morgan fingerprint density at radius 2 is 1.85 bits per heavy atom. The first kappa shape index (κ1) is 17.0. The number of halogens is 1. The molecule has 0 aliphatic heterocycles. The van der Waals surface area contributed by atoms with Crippen LogP contribution in [0.25, 0.3) is 0 Å². The van der Waals surface area contributed by atoms with E-state index in [4.69, 9.17) is 11.1 Å². The monoisotopic (exact) mass is 363 g/mol. The zero-order valence-electron chi connectivity index (χ0n) is 14.4. The van der Waals surface area contributed by atoms with Crippen molar-refractivity contribution in [3.63, 3.8) is 0 Å². The maximum absolute atomic E-state index is 13.3. The van der Waals surface area contributed by atoms with Gasteiger partial charge < -0.3 is 16.2 Å². The molecule has 136 valence electrons. The summed E-state index contributed by atoms with van der Waals surface area (Å²) in [5.41, 5.74) is 9.27. The second kappa shape index (κ2) is 6.68. The van der Waals surface area contributed by atoms with Gasteiger partial charge in [0.2, 0.25) is 0 Å². The Bertz CT molecular complexity index is 1010. The number of nitrogens with two attached hydrogens (primary N) is 1. The van der Waals surface area contributed by atoms with E-state index in [-0.39, 0.29) is 17.6 Å². The van der Waals surface area contributed by atoms with Gasteiger partial charge in [-0.1, -0.05) is 24.3 Å². The molecular weight excluding hydrogens is 345 g/mol. The Morgan fingerprint density at radius 3 is 2.52 bits per heavy atom. The predicted octanol–water partition coefficient (Wildman–Crippen LogP) is 2.90. The highest BCUT2D eigenvalue weighted by Gasteiger charge is 2.24. The van der Waals surface area contributed by atoms with Gasteiger partial charge in [-0.05, 0) is 42.2 Å². The molecule has 0 spiro atoms. The third kappa shape index (κ3) is 3.19. The molecule has 0 saturated heterocycles. The lowest BCUT2D eigenvalue weighted by molar-refractivity contribution is 0.432. The average Bonchev–Trinajstić information content (AvgIpc) is 3.06. The molecule has 0 atom stereocenters. The summed E-state index contributed by atoms with van der Waals surface area (Å²) < 4.78 is 13.3. The number of phenols is 1. The fraction of sp³-hybridized carbons (Fsp3) is 0.150. The molecule has 1 aromatic heterocycles. The number of hydrogen-bond donors (Lipinski definition) is 4. The predicted molar refractivity (Wildman–Crippen MR) is 102 cm³/mol. The lowest BCUT2D eigenvalue weighted by atomic mass is 10.0. The van der Waals surface area contributed by atoms with E-state index >= 15 is 0 Å². The van der Waals surface area contributed by atoms with Crippen molar-refractivity contribution in [2.24, 2.45) is 0 Å². The molecule has 0 unspecified atom stereocenters. The highest BCUT2D eigenvalue weighted by molar-refractivity contribution is 6.16. The van der Waals surface area contributed by atoms with Crippen molar-refractivity contribution in [3.05, 3.63) is 76.9 Å². The van der Waals surface area contributed by atoms with Gasteiger partial charge in [-0.3, -0.25) is 5.41 Å². The quantitative estimate of drug-likeness (QED) is 0.533. The highest BCUT2D eigenvalue weighted by atomic mass is 19.1. The molecule has 0 bridgehead atoms. The average molecular weight is 363 g/mol. The molecule has 1 heterocycles. The molecule has 0 radical (unpaired) electrons. The second-order valence-electron chi connectivity index (χ2n) is 6.54. The van der Waals surface area contributed by atoms with Gasteiger partial charge in [-0.15, -0.1) is 0 Å². The third-order valence-electron chi connectivity index (χ3n) is 4.75. The van der Waals surface area contributed by atoms with Crippen LogP contribution in [0.4, 0.5) is 16.0 Å². The largest absolute Gasteiger partial charge is 0.505 e. The molecule has 0 amide bonds. The minimum Gasteiger partial charge on any atom is -0.505 e. The zero-order chi connectivity index (χ0) is 19.0. The van der Waals surface area contributed by atoms with Crippen LogP contribution in [0.2, 0.25) is 0 Å². The molecule has 2 aromatic carbocycles. The topological polar surface area (TPSA) is 108 Å². The van der Waals surface area contributed by atoms with E-state index in [1.807, 2.05) is 12.1 Å². The zero-order valence-corrected chi connectivity index (χ0v) is 14.4. The Hall–Kier alpha value is -3.48. The van der Waals surface area contributed by atoms with Crippen LogP contribution in [-0.2, 0) is 12.8 Å². The fourth-order valence-electron chi connectivity index (χ4n) is 3.42. The van der Waals surface area contributed by atoms with Gasteiger partial charge >= 0.3 is 0 Å². The normalized spacial score (nSPS) is 13.4. The van der Waals surface area contributed by atoms with E-state index in [9.17, 15) is 9.50 Å². The van der Waals surface area contributed by atoms with Crippen LogP contribution in [0.3, 0.4) is 0 Å². The summed E-state index contributed by atoms with van der Waals surface area (Å²) in [4.78, 5) is 8.26. The van der Waals surface area contributed by atoms with Crippen LogP contribution < -0.4 is 11.1 Å². The van der Waals surface area contributed by atoms with Crippen LogP contribution in [0.15, 0.2) is 48.8 Å². The van der Waals surface area contributed by atoms with Gasteiger partial charge in [0.25, 0.3) is 0 Å². The number of aromatic hydroxyl groups is 1. The standard InChI is InChI=1S/C20H18FN5O/c21-15-6-5-13(9-16(15)27)18(22)17-19(23)24-10-25-20(17)26-14-7-11-3-1-2-4-12(11)8-14/h1-6,9-10,14,22,27H,7-8H2,(H3,23,24,25,26). The highest BCUT2D eigenvalue weighted by Crippen LogP contribution is 2.28. The van der Waals surface area contributed by atoms with Gasteiger partial charge in [0.15, 0.2) is 11.6 Å². The molecule has 4 rings (SSSR count). The SMILES string of the molecule is N=C(c1ccc(F)c(O)c1)c1c(N)ncnc1NC1Cc2ccccc2C1. The van der Waals surface area contributed by atoms with Crippen LogP contribution in [0, 0.1) is 11.2 Å². The van der Waals surface area contributed by atoms with Gasteiger partial charge in [0.1, 0.15) is 18.0 Å². The molecule has 27 heavy (non-hydrogen) atoms. The number of fused-ring (bicyclic) bond motifs is 1. The summed E-state index contributed by atoms with van der Waals surface area (Å²) in [5.74, 6) is -0.662. The number of phenolic OH excluding ortho intramolecular Hbond substituents is 1. The summed E-state index contributed by atoms with van der Waals surface area (Å²) >= 11 is 0. The number of anilines is 2. The first-order valence-electron chi connectivity index (χ1n) is 8.54. The number of rotatable bonds is 4. The second-order valence-corrected chi connectivity index (χ2v) is 6.54. The van der Waals surface area contributed by atoms with Crippen molar-refractivity contribution in [1.29, 1.82) is 5.41 Å². The lowest BCUT2D eigenvalue weighted by Gasteiger charge is -2.17. The van der Waals surface area contributed by atoms with Gasteiger partial charge in [-0.2, -0.15) is 0 Å². The minimum atomic E-state index is -0.745. The van der Waals surface area contributed by atoms with E-state index in [1.165, 1.54) is 29.6 Å². The lowest BCUT2D eigenvalue weighted by Crippen LogP contribution is -2.23. The molecule has 5 N–H and O–H groups in total. The Balaban J connectivity index is 1.64. The van der Waals surface area contributed by atoms with Crippen molar-refractivity contribution in [2.75, 3.05) is 11.1 Å². The number of aromatic nitrogens is 2. The van der Waals surface area contributed by atoms with Crippen molar-refractivity contribution >= 4 is 17.3 Å². The maximum Gasteiger partial charge on any atom is 0.164 e. The third-order valence-corrected chi connectivity index (χ3v) is 4.75. The molecule has 7 heteroatoms. The van der Waals surface area contributed by atoms with Crippen LogP contribution in [0.1, 0.15) is 22.3 Å². The van der Waals surface area contributed by atoms with E-state index in [0.717, 1.165) is 18.9 Å². The summed E-state index contributed by atoms with van der Waals surface area (Å²) in [6, 6.07) is 12.1. The summed E-state index contributed by atoms with van der Waals surface area (Å²) in [6.07, 6.45) is 3.05. The molecule has 0 saturated carbocycles. The molecule has 1 aliphatic rings. The van der Waals surface area contributed by atoms with E-state index in [1.54, 1.807) is 0 Å². The van der Waals surface area contributed by atoms with Gasteiger partial charge in [0, 0.05) is 11.6 Å². The Kier molecular flexibility index (Phi) is 4.19. The summed E-state index contributed by atoms with van der Waals surface area (Å²) in [5, 5.41) is 21.5. The summed E-state index contributed by atoms with van der Waals surface area (Å²) in [6.45, 7) is 0. The van der Waals surface area contributed by atoms with Gasteiger partial charge in [-0.25, -0.2) is 14.4 Å². The minimum absolute atomic E-state index is 0.0152. The Morgan fingerprint density at radius 1 is 1.15 bits per heavy atom. The maximum atomic E-state index is 13.3. The molecular formula is C20H18FN5O. The Labute approximate surface area is 155 Å². The molecule has 6 nitrogen and oxygen atoms in total. The van der Waals surface area contributed by atoms with Crippen LogP contribution in [-0.4, -0.2) is 26.8 Å². The van der Waals surface area contributed by atoms with Crippen molar-refractivity contribution in [1.82, 2.24) is 9.97 Å². The van der Waals surface area contributed by atoms with E-state index in [2.05, 4.69) is 27.4 Å². The van der Waals surface area contributed by atoms with Crippen molar-refractivity contribution < 1.29 is 9.50 Å². The fourth-order valence-corrected chi connectivity index (χ4v) is 3.42. The van der Waals surface area contributed by atoms with Crippen molar-refractivity contribution in [2.45, 2.75) is 18.9 Å². The number of benzene rings is 2. The molecule has 3 aromatic rings. The number of nitrogen functional groups attached to an aromatic ring is 1. The van der Waals surface area contributed by atoms with Crippen LogP contribution in [0.5, 0.6) is 5.75 Å². The van der Waals surface area contributed by atoms with E-state index in [0.29, 0.717) is 16.9 Å². The van der Waals surface area contributed by atoms with Crippen molar-refractivity contribution in [3.8, 4) is 5.75 Å². The first-order valence-corrected chi connectivity index (χ1v) is 8.54. The number of nitrogens with one attached hydrogen (secondary N) is 2. The molecule has 0 fully saturated rings.